The van der Waals surface area contributed by atoms with Gasteiger partial charge in [-0.2, -0.15) is 0 Å². The van der Waals surface area contributed by atoms with Crippen LogP contribution in [-0.4, -0.2) is 27.7 Å². The second kappa shape index (κ2) is 8.16. The number of amides is 1. The van der Waals surface area contributed by atoms with Gasteiger partial charge >= 0.3 is 0 Å². The van der Waals surface area contributed by atoms with E-state index in [-0.39, 0.29) is 12.7 Å². The molecule has 152 valence electrons. The lowest BCUT2D eigenvalue weighted by molar-refractivity contribution is -0.111. The van der Waals surface area contributed by atoms with Crippen molar-refractivity contribution in [1.29, 1.82) is 0 Å². The second-order valence-corrected chi connectivity index (χ2v) is 6.88. The molecular formula is C24H18N4O3. The Morgan fingerprint density at radius 1 is 0.968 bits per heavy atom. The molecule has 0 saturated heterocycles. The van der Waals surface area contributed by atoms with Crippen LogP contribution in [0.5, 0.6) is 11.5 Å². The van der Waals surface area contributed by atoms with Crippen molar-refractivity contribution < 1.29 is 14.3 Å². The van der Waals surface area contributed by atoms with Crippen molar-refractivity contribution in [3.05, 3.63) is 90.6 Å². The maximum Gasteiger partial charge on any atom is 0.248 e. The van der Waals surface area contributed by atoms with E-state index in [1.54, 1.807) is 17.0 Å². The number of aromatic nitrogens is 3. The largest absolute Gasteiger partial charge is 0.454 e. The van der Waals surface area contributed by atoms with Crippen LogP contribution in [0.15, 0.2) is 85.1 Å². The molecule has 0 saturated carbocycles. The van der Waals surface area contributed by atoms with Crippen LogP contribution in [-0.2, 0) is 4.79 Å². The molecule has 0 bridgehead atoms. The summed E-state index contributed by atoms with van der Waals surface area (Å²) in [6.45, 7) is 0.223. The molecule has 0 fully saturated rings. The van der Waals surface area contributed by atoms with Crippen molar-refractivity contribution in [2.75, 3.05) is 12.1 Å². The predicted molar refractivity (Wildman–Crippen MR) is 117 cm³/mol. The van der Waals surface area contributed by atoms with E-state index in [1.807, 2.05) is 72.8 Å². The van der Waals surface area contributed by atoms with Crippen LogP contribution < -0.4 is 14.8 Å². The van der Waals surface area contributed by atoms with Crippen LogP contribution in [0.25, 0.3) is 23.0 Å². The van der Waals surface area contributed by atoms with Crippen molar-refractivity contribution in [3.63, 3.8) is 0 Å². The van der Waals surface area contributed by atoms with Crippen LogP contribution in [0.2, 0.25) is 0 Å². The van der Waals surface area contributed by atoms with Gasteiger partial charge in [0.2, 0.25) is 12.7 Å². The van der Waals surface area contributed by atoms with Gasteiger partial charge in [-0.3, -0.25) is 4.79 Å². The van der Waals surface area contributed by atoms with Gasteiger partial charge in [-0.1, -0.05) is 41.6 Å². The zero-order chi connectivity index (χ0) is 21.0. The Balaban J connectivity index is 1.27. The fraction of sp³-hybridized carbons (Fsp3) is 0.0417. The summed E-state index contributed by atoms with van der Waals surface area (Å²) in [6, 6.07) is 22.9. The maximum atomic E-state index is 12.3. The lowest BCUT2D eigenvalue weighted by Gasteiger charge is -2.08. The average Bonchev–Trinajstić information content (AvgIpc) is 3.48. The number of rotatable bonds is 5. The van der Waals surface area contributed by atoms with Crippen LogP contribution in [0.4, 0.5) is 5.69 Å². The smallest absolute Gasteiger partial charge is 0.248 e. The first kappa shape index (κ1) is 18.6. The van der Waals surface area contributed by atoms with Gasteiger partial charge in [-0.25, -0.2) is 4.68 Å². The number of nitrogens with one attached hydrogen (secondary N) is 1. The highest BCUT2D eigenvalue weighted by Gasteiger charge is 2.12. The third-order valence-electron chi connectivity index (χ3n) is 4.82. The Morgan fingerprint density at radius 3 is 2.61 bits per heavy atom. The number of ether oxygens (including phenoxy) is 2. The van der Waals surface area contributed by atoms with Crippen molar-refractivity contribution in [2.24, 2.45) is 0 Å². The summed E-state index contributed by atoms with van der Waals surface area (Å²) in [5.74, 6) is 1.17. The summed E-state index contributed by atoms with van der Waals surface area (Å²) in [4.78, 5) is 12.3. The fourth-order valence-electron chi connectivity index (χ4n) is 3.29. The molecule has 3 aromatic carbocycles. The highest BCUT2D eigenvalue weighted by atomic mass is 16.7. The number of hydrogen-bond donors (Lipinski definition) is 1. The second-order valence-electron chi connectivity index (χ2n) is 6.88. The highest BCUT2D eigenvalue weighted by molar-refractivity contribution is 6.02. The molecular weight excluding hydrogens is 392 g/mol. The van der Waals surface area contributed by atoms with E-state index in [0.717, 1.165) is 22.5 Å². The first-order valence-electron chi connectivity index (χ1n) is 9.71. The van der Waals surface area contributed by atoms with Crippen LogP contribution in [0.3, 0.4) is 0 Å². The van der Waals surface area contributed by atoms with Crippen molar-refractivity contribution in [1.82, 2.24) is 15.0 Å². The Kier molecular flexibility index (Phi) is 4.90. The lowest BCUT2D eigenvalue weighted by atomic mass is 10.1. The molecule has 1 amide bonds. The van der Waals surface area contributed by atoms with E-state index in [2.05, 4.69) is 15.6 Å². The SMILES string of the molecule is O=C(/C=C/c1ccc2c(c1)OCO2)Nc1ccc(-n2nncc2-c2ccccc2)cc1. The Hall–Kier alpha value is -4.39. The minimum Gasteiger partial charge on any atom is -0.454 e. The molecule has 1 aliphatic heterocycles. The van der Waals surface area contributed by atoms with Crippen LogP contribution in [0, 0.1) is 0 Å². The molecule has 0 atom stereocenters. The van der Waals surface area contributed by atoms with Gasteiger partial charge in [-0.15, -0.1) is 5.10 Å². The van der Waals surface area contributed by atoms with Gasteiger partial charge in [-0.05, 0) is 48.0 Å². The molecule has 1 aromatic heterocycles. The molecule has 31 heavy (non-hydrogen) atoms. The summed E-state index contributed by atoms with van der Waals surface area (Å²) in [7, 11) is 0. The summed E-state index contributed by atoms with van der Waals surface area (Å²) >= 11 is 0. The average molecular weight is 410 g/mol. The molecule has 7 nitrogen and oxygen atoms in total. The van der Waals surface area contributed by atoms with Gasteiger partial charge in [0.1, 0.15) is 0 Å². The molecule has 4 aromatic rings. The van der Waals surface area contributed by atoms with E-state index < -0.39 is 0 Å². The molecule has 7 heteroatoms. The maximum absolute atomic E-state index is 12.3. The van der Waals surface area contributed by atoms with Gasteiger partial charge in [0.05, 0.1) is 17.6 Å². The summed E-state index contributed by atoms with van der Waals surface area (Å²) < 4.78 is 12.4. The summed E-state index contributed by atoms with van der Waals surface area (Å²) in [5.41, 5.74) is 4.31. The van der Waals surface area contributed by atoms with E-state index in [0.29, 0.717) is 17.2 Å². The lowest BCUT2D eigenvalue weighted by Crippen LogP contribution is -2.08. The van der Waals surface area contributed by atoms with Crippen molar-refractivity contribution in [2.45, 2.75) is 0 Å². The molecule has 0 aliphatic carbocycles. The molecule has 0 spiro atoms. The molecule has 1 N–H and O–H groups in total. The molecule has 0 unspecified atom stereocenters. The number of nitrogens with zero attached hydrogens (tertiary/aromatic N) is 3. The number of anilines is 1. The normalized spacial score (nSPS) is 12.3. The number of benzene rings is 3. The first-order valence-corrected chi connectivity index (χ1v) is 9.71. The Labute approximate surface area is 178 Å². The summed E-state index contributed by atoms with van der Waals surface area (Å²) in [6.07, 6.45) is 4.94. The Bertz CT molecular complexity index is 1250. The number of fused-ring (bicyclic) bond motifs is 1. The van der Waals surface area contributed by atoms with E-state index in [4.69, 9.17) is 9.47 Å². The Morgan fingerprint density at radius 2 is 1.77 bits per heavy atom. The summed E-state index contributed by atoms with van der Waals surface area (Å²) in [5, 5.41) is 11.1. The molecule has 1 aliphatic rings. The van der Waals surface area contributed by atoms with Gasteiger partial charge in [0.15, 0.2) is 11.5 Å². The van der Waals surface area contributed by atoms with E-state index in [9.17, 15) is 4.79 Å². The van der Waals surface area contributed by atoms with Gasteiger partial charge in [0, 0.05) is 17.3 Å². The van der Waals surface area contributed by atoms with Crippen LogP contribution in [0.1, 0.15) is 5.56 Å². The zero-order valence-electron chi connectivity index (χ0n) is 16.4. The van der Waals surface area contributed by atoms with Gasteiger partial charge < -0.3 is 14.8 Å². The minimum atomic E-state index is -0.226. The monoisotopic (exact) mass is 410 g/mol. The number of carbonyl (C=O) groups excluding carboxylic acids is 1. The predicted octanol–water partition coefficient (Wildman–Crippen LogP) is 4.31. The van der Waals surface area contributed by atoms with Gasteiger partial charge in [0.25, 0.3) is 0 Å². The number of carbonyl (C=O) groups is 1. The fourth-order valence-corrected chi connectivity index (χ4v) is 3.29. The molecule has 0 radical (unpaired) electrons. The first-order chi connectivity index (χ1) is 15.3. The molecule has 5 rings (SSSR count). The third kappa shape index (κ3) is 4.02. The zero-order valence-corrected chi connectivity index (χ0v) is 16.4. The van der Waals surface area contributed by atoms with Crippen molar-refractivity contribution in [3.8, 4) is 28.4 Å². The third-order valence-corrected chi connectivity index (χ3v) is 4.82. The standard InChI is InChI=1S/C24H18N4O3/c29-24(13-7-17-6-12-22-23(14-17)31-16-30-22)26-19-8-10-20(11-9-19)28-21(15-25-27-28)18-4-2-1-3-5-18/h1-15H,16H2,(H,26,29)/b13-7+. The quantitative estimate of drug-likeness (QED) is 0.496. The minimum absolute atomic E-state index is 0.223. The van der Waals surface area contributed by atoms with E-state index >= 15 is 0 Å². The number of hydrogen-bond acceptors (Lipinski definition) is 5. The molecule has 2 heterocycles. The topological polar surface area (TPSA) is 78.3 Å². The van der Waals surface area contributed by atoms with Crippen LogP contribution >= 0.6 is 0 Å². The van der Waals surface area contributed by atoms with Crippen molar-refractivity contribution >= 4 is 17.7 Å². The highest BCUT2D eigenvalue weighted by Crippen LogP contribution is 2.32. The van der Waals surface area contributed by atoms with E-state index in [1.165, 1.54) is 6.08 Å².